The number of hydrogen-bond acceptors (Lipinski definition) is 3. The molecular formula is C15H22N2S. The second-order valence-electron chi connectivity index (χ2n) is 5.07. The first-order chi connectivity index (χ1) is 8.70. The van der Waals surface area contributed by atoms with Crippen molar-refractivity contribution in [1.29, 1.82) is 0 Å². The van der Waals surface area contributed by atoms with E-state index in [-0.39, 0.29) is 0 Å². The highest BCUT2D eigenvalue weighted by molar-refractivity contribution is 8.14. The highest BCUT2D eigenvalue weighted by Gasteiger charge is 2.22. The van der Waals surface area contributed by atoms with Gasteiger partial charge in [-0.3, -0.25) is 4.99 Å². The predicted octanol–water partition coefficient (Wildman–Crippen LogP) is 3.85. The smallest absolute Gasteiger partial charge is 0.157 e. The van der Waals surface area contributed by atoms with Gasteiger partial charge in [-0.2, -0.15) is 0 Å². The molecule has 2 unspecified atom stereocenters. The number of benzene rings is 1. The van der Waals surface area contributed by atoms with Crippen molar-refractivity contribution in [3.63, 3.8) is 0 Å². The quantitative estimate of drug-likeness (QED) is 0.891. The Kier molecular flexibility index (Phi) is 4.70. The molecule has 1 aliphatic heterocycles. The topological polar surface area (TPSA) is 24.4 Å². The normalized spacial score (nSPS) is 20.9. The summed E-state index contributed by atoms with van der Waals surface area (Å²) in [6, 6.07) is 11.5. The lowest BCUT2D eigenvalue weighted by Crippen LogP contribution is -2.25. The predicted molar refractivity (Wildman–Crippen MR) is 81.1 cm³/mol. The highest BCUT2D eigenvalue weighted by atomic mass is 32.2. The van der Waals surface area contributed by atoms with Gasteiger partial charge in [-0.15, -0.1) is 0 Å². The fraction of sp³-hybridized carbons (Fsp3) is 0.533. The summed E-state index contributed by atoms with van der Waals surface area (Å²) < 4.78 is 0. The maximum Gasteiger partial charge on any atom is 0.157 e. The van der Waals surface area contributed by atoms with Crippen LogP contribution in [0.4, 0.5) is 0 Å². The summed E-state index contributed by atoms with van der Waals surface area (Å²) in [6.07, 6.45) is 1.08. The maximum atomic E-state index is 4.77. The van der Waals surface area contributed by atoms with Crippen LogP contribution in [0.15, 0.2) is 35.3 Å². The van der Waals surface area contributed by atoms with Gasteiger partial charge in [0, 0.05) is 5.75 Å². The molecule has 1 N–H and O–H groups in total. The maximum absolute atomic E-state index is 4.77. The molecule has 1 aliphatic rings. The van der Waals surface area contributed by atoms with E-state index in [1.165, 1.54) is 5.56 Å². The molecule has 0 radical (unpaired) electrons. The van der Waals surface area contributed by atoms with Gasteiger partial charge in [0.25, 0.3) is 0 Å². The molecule has 1 aromatic carbocycles. The highest BCUT2D eigenvalue weighted by Crippen LogP contribution is 2.25. The van der Waals surface area contributed by atoms with Crippen LogP contribution >= 0.6 is 11.8 Å². The Bertz CT molecular complexity index is 400. The van der Waals surface area contributed by atoms with Gasteiger partial charge in [0.15, 0.2) is 5.17 Å². The van der Waals surface area contributed by atoms with Gasteiger partial charge < -0.3 is 5.32 Å². The van der Waals surface area contributed by atoms with Crippen LogP contribution in [0.1, 0.15) is 38.8 Å². The molecule has 0 aromatic heterocycles. The molecule has 1 aromatic rings. The van der Waals surface area contributed by atoms with Crippen LogP contribution in [-0.2, 0) is 0 Å². The summed E-state index contributed by atoms with van der Waals surface area (Å²) in [5.74, 6) is 1.75. The summed E-state index contributed by atoms with van der Waals surface area (Å²) >= 11 is 1.86. The number of nitrogens with zero attached hydrogens (tertiary/aromatic N) is 1. The van der Waals surface area contributed by atoms with E-state index >= 15 is 0 Å². The first kappa shape index (κ1) is 13.5. The van der Waals surface area contributed by atoms with E-state index in [2.05, 4.69) is 56.4 Å². The minimum atomic E-state index is 0.378. The van der Waals surface area contributed by atoms with E-state index in [1.54, 1.807) is 0 Å². The first-order valence-electron chi connectivity index (χ1n) is 6.72. The van der Waals surface area contributed by atoms with E-state index < -0.39 is 0 Å². The van der Waals surface area contributed by atoms with E-state index in [1.807, 2.05) is 11.8 Å². The molecule has 0 spiro atoms. The molecule has 1 heterocycles. The van der Waals surface area contributed by atoms with Crippen molar-refractivity contribution < 1.29 is 0 Å². The zero-order chi connectivity index (χ0) is 13.0. The molecule has 18 heavy (non-hydrogen) atoms. The van der Waals surface area contributed by atoms with Gasteiger partial charge >= 0.3 is 0 Å². The fourth-order valence-electron chi connectivity index (χ4n) is 2.07. The molecule has 2 nitrogen and oxygen atoms in total. The van der Waals surface area contributed by atoms with Crippen molar-refractivity contribution >= 4 is 16.9 Å². The van der Waals surface area contributed by atoms with Crippen LogP contribution in [0, 0.1) is 5.92 Å². The number of hydrogen-bond donors (Lipinski definition) is 1. The fourth-order valence-corrected chi connectivity index (χ4v) is 3.29. The molecule has 3 heteroatoms. The SMILES string of the molecule is CCC(NC1=NC(C(C)C)CS1)c1ccccc1. The van der Waals surface area contributed by atoms with Gasteiger partial charge in [0.2, 0.25) is 0 Å². The third-order valence-electron chi connectivity index (χ3n) is 3.35. The van der Waals surface area contributed by atoms with Gasteiger partial charge in [-0.25, -0.2) is 0 Å². The summed E-state index contributed by atoms with van der Waals surface area (Å²) in [6.45, 7) is 6.70. The minimum absolute atomic E-state index is 0.378. The van der Waals surface area contributed by atoms with Crippen LogP contribution in [0.3, 0.4) is 0 Å². The minimum Gasteiger partial charge on any atom is -0.358 e. The van der Waals surface area contributed by atoms with Gasteiger partial charge in [0.1, 0.15) is 0 Å². The van der Waals surface area contributed by atoms with Gasteiger partial charge in [-0.05, 0) is 17.9 Å². The van der Waals surface area contributed by atoms with Crippen molar-refractivity contribution in [2.24, 2.45) is 10.9 Å². The van der Waals surface area contributed by atoms with Crippen molar-refractivity contribution in [3.8, 4) is 0 Å². The van der Waals surface area contributed by atoms with Gasteiger partial charge in [0.05, 0.1) is 12.1 Å². The summed E-state index contributed by atoms with van der Waals surface area (Å²) in [5.41, 5.74) is 1.34. The van der Waals surface area contributed by atoms with Crippen LogP contribution in [0.25, 0.3) is 0 Å². The van der Waals surface area contributed by atoms with Crippen molar-refractivity contribution in [1.82, 2.24) is 5.32 Å². The summed E-state index contributed by atoms with van der Waals surface area (Å²) in [5, 5.41) is 4.69. The van der Waals surface area contributed by atoms with Crippen molar-refractivity contribution in [3.05, 3.63) is 35.9 Å². The van der Waals surface area contributed by atoms with Crippen molar-refractivity contribution in [2.45, 2.75) is 39.3 Å². The molecule has 2 atom stereocenters. The van der Waals surface area contributed by atoms with Gasteiger partial charge in [-0.1, -0.05) is 62.9 Å². The average Bonchev–Trinajstić information content (AvgIpc) is 2.86. The second kappa shape index (κ2) is 6.28. The lowest BCUT2D eigenvalue weighted by Gasteiger charge is -2.18. The lowest BCUT2D eigenvalue weighted by molar-refractivity contribution is 0.539. The Hall–Kier alpha value is -0.960. The van der Waals surface area contributed by atoms with E-state index in [0.29, 0.717) is 18.0 Å². The Balaban J connectivity index is 2.02. The second-order valence-corrected chi connectivity index (χ2v) is 6.08. The number of amidine groups is 1. The average molecular weight is 262 g/mol. The third kappa shape index (κ3) is 3.29. The Morgan fingerprint density at radius 3 is 2.61 bits per heavy atom. The Morgan fingerprint density at radius 2 is 2.06 bits per heavy atom. The van der Waals surface area contributed by atoms with E-state index in [4.69, 9.17) is 4.99 Å². The molecule has 0 amide bonds. The first-order valence-corrected chi connectivity index (χ1v) is 7.71. The monoisotopic (exact) mass is 262 g/mol. The van der Waals surface area contributed by atoms with Crippen LogP contribution in [0.2, 0.25) is 0 Å². The largest absolute Gasteiger partial charge is 0.358 e. The number of nitrogens with one attached hydrogen (secondary N) is 1. The van der Waals surface area contributed by atoms with Crippen LogP contribution in [0.5, 0.6) is 0 Å². The van der Waals surface area contributed by atoms with Crippen LogP contribution in [-0.4, -0.2) is 17.0 Å². The number of rotatable bonds is 4. The number of thioether (sulfide) groups is 1. The molecule has 0 fully saturated rings. The van der Waals surface area contributed by atoms with Crippen molar-refractivity contribution in [2.75, 3.05) is 5.75 Å². The summed E-state index contributed by atoms with van der Waals surface area (Å²) in [4.78, 5) is 4.77. The molecule has 2 rings (SSSR count). The zero-order valence-corrected chi connectivity index (χ0v) is 12.2. The molecule has 0 aliphatic carbocycles. The molecule has 0 saturated carbocycles. The molecular weight excluding hydrogens is 240 g/mol. The Morgan fingerprint density at radius 1 is 1.33 bits per heavy atom. The molecule has 0 saturated heterocycles. The number of aliphatic imine (C=N–C) groups is 1. The van der Waals surface area contributed by atoms with Crippen LogP contribution < -0.4 is 5.32 Å². The lowest BCUT2D eigenvalue weighted by atomic mass is 10.1. The third-order valence-corrected chi connectivity index (χ3v) is 4.36. The Labute approximate surface area is 114 Å². The standard InChI is InChI=1S/C15H22N2S/c1-4-13(12-8-6-5-7-9-12)16-15-17-14(10-18-15)11(2)3/h5-9,11,13-14H,4,10H2,1-3H3,(H,16,17). The molecule has 98 valence electrons. The van der Waals surface area contributed by atoms with E-state index in [9.17, 15) is 0 Å². The summed E-state index contributed by atoms with van der Waals surface area (Å²) in [7, 11) is 0. The molecule has 0 bridgehead atoms. The zero-order valence-electron chi connectivity index (χ0n) is 11.4. The van der Waals surface area contributed by atoms with E-state index in [0.717, 1.165) is 17.3 Å².